The zero-order valence-electron chi connectivity index (χ0n) is 34.4. The van der Waals surface area contributed by atoms with Gasteiger partial charge >= 0.3 is 18.7 Å². The van der Waals surface area contributed by atoms with E-state index in [2.05, 4.69) is 4.90 Å². The Bertz CT molecular complexity index is 2270. The Balaban J connectivity index is 0.00000199. The molecule has 1 aliphatic carbocycles. The first-order valence-corrected chi connectivity index (χ1v) is 22.5. The van der Waals surface area contributed by atoms with E-state index in [0.717, 1.165) is 57.7 Å². The van der Waals surface area contributed by atoms with Crippen LogP contribution in [0.2, 0.25) is 10.0 Å². The molecule has 3 aromatic carbocycles. The molecule has 1 N–H and O–H groups in total. The van der Waals surface area contributed by atoms with E-state index in [1.165, 1.54) is 34.9 Å². The Labute approximate surface area is 382 Å². The molecule has 0 spiro atoms. The third kappa shape index (κ3) is 11.9. The molecule has 5 aliphatic rings. The number of para-hydroxylation sites is 1. The minimum atomic E-state index is -3.11. The summed E-state index contributed by atoms with van der Waals surface area (Å²) in [6.07, 6.45) is 4.28. The molecule has 4 aliphatic heterocycles. The lowest BCUT2D eigenvalue weighted by atomic mass is 9.86. The van der Waals surface area contributed by atoms with Gasteiger partial charge < -0.3 is 34.2 Å². The zero-order chi connectivity index (χ0) is 45.3. The summed E-state index contributed by atoms with van der Waals surface area (Å²) < 4.78 is 50.1. The van der Waals surface area contributed by atoms with Crippen LogP contribution < -0.4 is 19.1 Å². The highest BCUT2D eigenvalue weighted by atomic mass is 35.5. The molecule has 0 radical (unpaired) electrons. The van der Waals surface area contributed by atoms with E-state index in [4.69, 9.17) is 52.1 Å². The number of amides is 2. The number of fused-ring (bicyclic) bond motifs is 3. The molecule has 340 valence electrons. The predicted octanol–water partition coefficient (Wildman–Crippen LogP) is 8.00. The Hall–Kier alpha value is -5.36. The summed E-state index contributed by atoms with van der Waals surface area (Å²) in [5, 5.41) is 18.0. The first kappa shape index (κ1) is 46.6. The van der Waals surface area contributed by atoms with Crippen molar-refractivity contribution in [1.82, 2.24) is 9.80 Å². The molecule has 2 amide bonds. The standard InChI is InChI=1S/C44H44Cl2F2N4O8S.CH2O2/c45-34-23-50(56)24-35(46)33(34)21-37(30-11-12-36(59-43(47)48)38(20-30)57-26-27-9-10-27)58-42(54)41-51(17-18-61-41)40(53)31-6-4-5-28(19-31)22-52(32-7-2-1-3-8-32)44(55)60-39-25-49-15-13-29(39)14-16-49;2-1-3/h1-8,11-12,19-20,23-24,27,29,37,39,41,43H,9-10,13-18,21-22,25-26H2;1H,(H,2,3)/t37-,39-,41-;/m0./s1. The van der Waals surface area contributed by atoms with Crippen LogP contribution in [0.4, 0.5) is 19.3 Å². The van der Waals surface area contributed by atoms with Gasteiger partial charge in [0.25, 0.3) is 12.4 Å². The van der Waals surface area contributed by atoms with Gasteiger partial charge in [0.1, 0.15) is 22.3 Å². The van der Waals surface area contributed by atoms with Gasteiger partial charge in [-0.2, -0.15) is 13.5 Å². The second kappa shape index (κ2) is 21.5. The Morgan fingerprint density at radius 2 is 1.67 bits per heavy atom. The van der Waals surface area contributed by atoms with Crippen LogP contribution in [0.25, 0.3) is 0 Å². The maximum atomic E-state index is 14.2. The van der Waals surface area contributed by atoms with Gasteiger partial charge in [-0.05, 0) is 98.1 Å². The summed E-state index contributed by atoms with van der Waals surface area (Å²) in [6.45, 7) is 0.0714. The topological polar surface area (TPSA) is 162 Å². The molecule has 64 heavy (non-hydrogen) atoms. The maximum absolute atomic E-state index is 14.2. The SMILES string of the molecule is O=C(O[C@@H](Cc1c(Cl)c[n+]([O-])cc1Cl)c1ccc(OC(F)F)c(OCC2CC2)c1)[C@@H]1SCCN1C(=O)c1cccc(CN(C(=O)O[C@H]2CN3CCC2CC3)c2ccccc2)c1.O=CO. The highest BCUT2D eigenvalue weighted by molar-refractivity contribution is 8.00. The molecule has 9 rings (SSSR count). The van der Waals surface area contributed by atoms with Gasteiger partial charge in [-0.1, -0.05) is 59.6 Å². The zero-order valence-corrected chi connectivity index (χ0v) is 36.8. The number of carbonyl (C=O) groups excluding carboxylic acids is 3. The van der Waals surface area contributed by atoms with Crippen molar-refractivity contribution in [3.63, 3.8) is 0 Å². The fourth-order valence-corrected chi connectivity index (χ4v) is 9.69. The highest BCUT2D eigenvalue weighted by Gasteiger charge is 2.40. The maximum Gasteiger partial charge on any atom is 0.414 e. The first-order chi connectivity index (χ1) is 30.9. The number of hydrogen-bond donors (Lipinski definition) is 1. The van der Waals surface area contributed by atoms with Crippen LogP contribution in [0.3, 0.4) is 0 Å². The average molecular weight is 944 g/mol. The number of aromatic nitrogens is 1. The van der Waals surface area contributed by atoms with Crippen LogP contribution in [0.15, 0.2) is 85.2 Å². The largest absolute Gasteiger partial charge is 0.619 e. The Morgan fingerprint density at radius 3 is 2.33 bits per heavy atom. The molecule has 4 saturated heterocycles. The first-order valence-electron chi connectivity index (χ1n) is 20.7. The Morgan fingerprint density at radius 1 is 0.953 bits per heavy atom. The number of ether oxygens (including phenoxy) is 4. The second-order valence-corrected chi connectivity index (χ2v) is 17.8. The number of carbonyl (C=O) groups is 4. The summed E-state index contributed by atoms with van der Waals surface area (Å²) >= 11 is 14.2. The molecular weight excluding hydrogens is 897 g/mol. The minimum Gasteiger partial charge on any atom is -0.619 e. The van der Waals surface area contributed by atoms with Crippen molar-refractivity contribution >= 4 is 65.1 Å². The predicted molar refractivity (Wildman–Crippen MR) is 234 cm³/mol. The molecular formula is C45H46Cl2F2N4O10S. The van der Waals surface area contributed by atoms with Gasteiger partial charge in [-0.15, -0.1) is 11.8 Å². The van der Waals surface area contributed by atoms with Crippen LogP contribution in [0.1, 0.15) is 58.8 Å². The second-order valence-electron chi connectivity index (χ2n) is 15.8. The van der Waals surface area contributed by atoms with Crippen molar-refractivity contribution in [1.29, 1.82) is 0 Å². The molecule has 1 aromatic heterocycles. The Kier molecular flexibility index (Phi) is 15.7. The number of hydrogen-bond acceptors (Lipinski definition) is 11. The number of anilines is 1. The minimum absolute atomic E-state index is 0.0245. The summed E-state index contributed by atoms with van der Waals surface area (Å²) in [4.78, 5) is 56.0. The summed E-state index contributed by atoms with van der Waals surface area (Å²) in [7, 11) is 0. The number of rotatable bonds is 15. The number of esters is 1. The lowest BCUT2D eigenvalue weighted by Crippen LogP contribution is -2.53. The highest BCUT2D eigenvalue weighted by Crippen LogP contribution is 2.39. The molecule has 5 heterocycles. The van der Waals surface area contributed by atoms with Crippen LogP contribution in [0, 0.1) is 17.0 Å². The molecule has 1 saturated carbocycles. The molecule has 4 aromatic rings. The van der Waals surface area contributed by atoms with Gasteiger partial charge in [0.05, 0.1) is 13.2 Å². The van der Waals surface area contributed by atoms with Crippen LogP contribution >= 0.6 is 35.0 Å². The number of pyridine rings is 1. The van der Waals surface area contributed by atoms with Crippen LogP contribution in [-0.4, -0.2) is 96.0 Å². The number of benzene rings is 3. The third-order valence-electron chi connectivity index (χ3n) is 11.4. The van der Waals surface area contributed by atoms with E-state index in [9.17, 15) is 28.4 Å². The third-order valence-corrected chi connectivity index (χ3v) is 13.3. The van der Waals surface area contributed by atoms with Crippen LogP contribution in [0.5, 0.6) is 11.5 Å². The van der Waals surface area contributed by atoms with E-state index < -0.39 is 36.1 Å². The van der Waals surface area contributed by atoms with Gasteiger partial charge in [-0.25, -0.2) is 9.59 Å². The van der Waals surface area contributed by atoms with E-state index >= 15 is 0 Å². The number of thioether (sulfide) groups is 1. The van der Waals surface area contributed by atoms with E-state index in [1.54, 1.807) is 23.1 Å². The van der Waals surface area contributed by atoms with E-state index in [-0.39, 0.29) is 53.6 Å². The fourth-order valence-electron chi connectivity index (χ4n) is 7.99. The number of piperidine rings is 3. The monoisotopic (exact) mass is 942 g/mol. The van der Waals surface area contributed by atoms with E-state index in [1.807, 2.05) is 36.4 Å². The van der Waals surface area contributed by atoms with Crippen molar-refractivity contribution in [2.45, 2.75) is 62.8 Å². The summed E-state index contributed by atoms with van der Waals surface area (Å²) in [6, 6.07) is 20.4. The van der Waals surface area contributed by atoms with E-state index in [0.29, 0.717) is 56.9 Å². The smallest absolute Gasteiger partial charge is 0.414 e. The molecule has 14 nitrogen and oxygen atoms in total. The van der Waals surface area contributed by atoms with Gasteiger partial charge in [0.15, 0.2) is 29.3 Å². The van der Waals surface area contributed by atoms with Gasteiger partial charge in [0, 0.05) is 42.1 Å². The lowest BCUT2D eigenvalue weighted by Gasteiger charge is -2.44. The van der Waals surface area contributed by atoms with Crippen molar-refractivity contribution in [2.24, 2.45) is 11.8 Å². The molecule has 3 atom stereocenters. The number of halogens is 4. The van der Waals surface area contributed by atoms with Gasteiger partial charge in [0.2, 0.25) is 0 Å². The normalized spacial score (nSPS) is 20.4. The summed E-state index contributed by atoms with van der Waals surface area (Å²) in [5.41, 5.74) is 2.32. The van der Waals surface area contributed by atoms with Crippen molar-refractivity contribution in [3.8, 4) is 11.5 Å². The number of alkyl halides is 2. The fraction of sp³-hybridized carbons (Fsp3) is 0.400. The summed E-state index contributed by atoms with van der Waals surface area (Å²) in [5.74, 6) is -0.225. The molecule has 5 fully saturated rings. The average Bonchev–Trinajstić information content (AvgIpc) is 3.99. The van der Waals surface area contributed by atoms with Crippen molar-refractivity contribution < 1.29 is 56.7 Å². The van der Waals surface area contributed by atoms with Crippen LogP contribution in [-0.2, 0) is 32.0 Å². The van der Waals surface area contributed by atoms with Gasteiger partial charge in [-0.3, -0.25) is 19.4 Å². The number of carboxylic acid groups (broad SMARTS) is 1. The molecule has 19 heteroatoms. The lowest BCUT2D eigenvalue weighted by molar-refractivity contribution is -0.605. The molecule has 0 unspecified atom stereocenters. The quantitative estimate of drug-likeness (QED) is 0.0530. The van der Waals surface area contributed by atoms with Crippen molar-refractivity contribution in [3.05, 3.63) is 123 Å². The molecule has 2 bridgehead atoms. The van der Waals surface area contributed by atoms with Crippen molar-refractivity contribution in [2.75, 3.05) is 43.4 Å². The number of nitrogens with zero attached hydrogens (tertiary/aromatic N) is 4.